The normalized spacial score (nSPS) is 18.9. The number of halogens is 1. The first kappa shape index (κ1) is 19.7. The lowest BCUT2D eigenvalue weighted by Crippen LogP contribution is -2.33. The molecule has 4 rings (SSSR count). The van der Waals surface area contributed by atoms with E-state index >= 15 is 0 Å². The first-order valence-electron chi connectivity index (χ1n) is 9.73. The Labute approximate surface area is 179 Å². The van der Waals surface area contributed by atoms with Gasteiger partial charge in [-0.15, -0.1) is 0 Å². The molecule has 0 saturated carbocycles. The number of phenolic OH excluding ortho intramolecular Hbond substituents is 1. The molecule has 148 valence electrons. The zero-order valence-corrected chi connectivity index (χ0v) is 17.8. The second kappa shape index (κ2) is 8.80. The number of aliphatic imine (C=N–C) groups is 1. The molecular weight excluding hydrogens is 428 g/mol. The Morgan fingerprint density at radius 1 is 1.07 bits per heavy atom. The van der Waals surface area contributed by atoms with E-state index < -0.39 is 0 Å². The molecule has 0 amide bonds. The van der Waals surface area contributed by atoms with Crippen molar-refractivity contribution in [2.24, 2.45) is 4.99 Å². The predicted octanol–water partition coefficient (Wildman–Crippen LogP) is 5.78. The molecule has 0 aliphatic carbocycles. The van der Waals surface area contributed by atoms with E-state index in [0.717, 1.165) is 32.6 Å². The SMILES string of the molecule is CCOc1ccc(C2=N[C@@H](c3cccc(Br)c3)N[C@@H](c3ccccc3O)C2)cc1. The Bertz CT molecular complexity index is 1020. The third-order valence-corrected chi connectivity index (χ3v) is 5.51. The van der Waals surface area contributed by atoms with Gasteiger partial charge in [-0.05, 0) is 60.5 Å². The van der Waals surface area contributed by atoms with E-state index in [1.807, 2.05) is 49.4 Å². The van der Waals surface area contributed by atoms with Gasteiger partial charge in [-0.1, -0.05) is 46.3 Å². The van der Waals surface area contributed by atoms with Crippen LogP contribution in [0.1, 0.15) is 42.2 Å². The molecule has 0 aromatic heterocycles. The number of nitrogens with zero attached hydrogens (tertiary/aromatic N) is 1. The summed E-state index contributed by atoms with van der Waals surface area (Å²) in [7, 11) is 0. The minimum Gasteiger partial charge on any atom is -0.508 e. The summed E-state index contributed by atoms with van der Waals surface area (Å²) in [5, 5.41) is 14.0. The van der Waals surface area contributed by atoms with Crippen LogP contribution in [-0.2, 0) is 0 Å². The molecule has 0 bridgehead atoms. The lowest BCUT2D eigenvalue weighted by Gasteiger charge is -2.31. The molecule has 1 heterocycles. The number of hydrogen-bond donors (Lipinski definition) is 2. The number of phenols is 1. The monoisotopic (exact) mass is 450 g/mol. The summed E-state index contributed by atoms with van der Waals surface area (Å²) < 4.78 is 6.58. The topological polar surface area (TPSA) is 53.8 Å². The van der Waals surface area contributed by atoms with Crippen molar-refractivity contribution in [3.8, 4) is 11.5 Å². The molecule has 0 fully saturated rings. The Kier molecular flexibility index (Phi) is 5.97. The molecular formula is C24H23BrN2O2. The lowest BCUT2D eigenvalue weighted by atomic mass is 9.93. The summed E-state index contributed by atoms with van der Waals surface area (Å²) in [5.41, 5.74) is 4.02. The van der Waals surface area contributed by atoms with Gasteiger partial charge in [0.05, 0.1) is 6.61 Å². The van der Waals surface area contributed by atoms with Crippen molar-refractivity contribution in [2.45, 2.75) is 25.6 Å². The molecule has 0 saturated heterocycles. The van der Waals surface area contributed by atoms with Gasteiger partial charge in [-0.2, -0.15) is 0 Å². The van der Waals surface area contributed by atoms with E-state index in [-0.39, 0.29) is 12.2 Å². The van der Waals surface area contributed by atoms with Crippen LogP contribution in [0, 0.1) is 0 Å². The second-order valence-corrected chi connectivity index (χ2v) is 7.89. The number of nitrogens with one attached hydrogen (secondary N) is 1. The van der Waals surface area contributed by atoms with Gasteiger partial charge in [0.1, 0.15) is 17.7 Å². The Balaban J connectivity index is 1.72. The van der Waals surface area contributed by atoms with Gasteiger partial charge in [-0.25, -0.2) is 0 Å². The molecule has 5 heteroatoms. The fraction of sp³-hybridized carbons (Fsp3) is 0.208. The van der Waals surface area contributed by atoms with Gasteiger partial charge >= 0.3 is 0 Å². The quantitative estimate of drug-likeness (QED) is 0.518. The number of aromatic hydroxyl groups is 1. The van der Waals surface area contributed by atoms with E-state index in [9.17, 15) is 5.11 Å². The minimum absolute atomic E-state index is 0.0424. The predicted molar refractivity (Wildman–Crippen MR) is 120 cm³/mol. The third kappa shape index (κ3) is 4.52. The van der Waals surface area contributed by atoms with E-state index in [4.69, 9.17) is 9.73 Å². The highest BCUT2D eigenvalue weighted by Crippen LogP contribution is 2.35. The van der Waals surface area contributed by atoms with Crippen molar-refractivity contribution in [3.63, 3.8) is 0 Å². The first-order chi connectivity index (χ1) is 14.1. The molecule has 2 N–H and O–H groups in total. The van der Waals surface area contributed by atoms with Crippen LogP contribution >= 0.6 is 15.9 Å². The van der Waals surface area contributed by atoms with Crippen LogP contribution in [0.25, 0.3) is 0 Å². The van der Waals surface area contributed by atoms with Crippen molar-refractivity contribution in [3.05, 3.63) is 94.0 Å². The second-order valence-electron chi connectivity index (χ2n) is 6.97. The minimum atomic E-state index is -0.201. The molecule has 0 unspecified atom stereocenters. The molecule has 4 nitrogen and oxygen atoms in total. The van der Waals surface area contributed by atoms with Gasteiger partial charge in [-0.3, -0.25) is 10.3 Å². The fourth-order valence-corrected chi connectivity index (χ4v) is 4.04. The summed E-state index contributed by atoms with van der Waals surface area (Å²) in [6.45, 7) is 2.62. The van der Waals surface area contributed by atoms with Crippen LogP contribution in [0.15, 0.2) is 82.3 Å². The first-order valence-corrected chi connectivity index (χ1v) is 10.5. The average Bonchev–Trinajstić information content (AvgIpc) is 2.74. The van der Waals surface area contributed by atoms with Gasteiger partial charge in [0.15, 0.2) is 0 Å². The zero-order valence-electron chi connectivity index (χ0n) is 16.2. The standard InChI is InChI=1S/C24H23BrN2O2/c1-2-29-19-12-10-16(11-13-19)21-15-22(20-8-3-4-9-23(20)28)27-24(26-21)17-6-5-7-18(25)14-17/h3-14,22,24,27-28H,2,15H2,1H3/t22-,24-/m1/s1. The van der Waals surface area contributed by atoms with Gasteiger partial charge in [0, 0.05) is 28.2 Å². The lowest BCUT2D eigenvalue weighted by molar-refractivity contribution is 0.340. The zero-order chi connectivity index (χ0) is 20.2. The van der Waals surface area contributed by atoms with E-state index in [2.05, 4.69) is 45.5 Å². The maximum atomic E-state index is 10.4. The van der Waals surface area contributed by atoms with Crippen molar-refractivity contribution in [1.29, 1.82) is 0 Å². The molecule has 2 atom stereocenters. The van der Waals surface area contributed by atoms with E-state index in [1.165, 1.54) is 0 Å². The fourth-order valence-electron chi connectivity index (χ4n) is 3.62. The summed E-state index contributed by atoms with van der Waals surface area (Å²) in [4.78, 5) is 5.01. The molecule has 29 heavy (non-hydrogen) atoms. The molecule has 0 spiro atoms. The number of rotatable bonds is 5. The molecule has 3 aromatic rings. The van der Waals surface area contributed by atoms with Crippen LogP contribution in [0.3, 0.4) is 0 Å². The maximum absolute atomic E-state index is 10.4. The molecule has 3 aromatic carbocycles. The number of para-hydroxylation sites is 1. The summed E-state index contributed by atoms with van der Waals surface area (Å²) in [6, 6.07) is 23.7. The molecule has 1 aliphatic heterocycles. The highest BCUT2D eigenvalue weighted by molar-refractivity contribution is 9.10. The third-order valence-electron chi connectivity index (χ3n) is 5.02. The van der Waals surface area contributed by atoms with Crippen LogP contribution in [0.4, 0.5) is 0 Å². The van der Waals surface area contributed by atoms with Gasteiger partial charge in [0.2, 0.25) is 0 Å². The molecule has 0 radical (unpaired) electrons. The van der Waals surface area contributed by atoms with Crippen LogP contribution in [0.2, 0.25) is 0 Å². The summed E-state index contributed by atoms with van der Waals surface area (Å²) in [6.07, 6.45) is 0.489. The van der Waals surface area contributed by atoms with Crippen LogP contribution in [0.5, 0.6) is 11.5 Å². The molecule has 1 aliphatic rings. The Hall–Kier alpha value is -2.63. The van der Waals surface area contributed by atoms with Gasteiger partial charge in [0.25, 0.3) is 0 Å². The van der Waals surface area contributed by atoms with E-state index in [1.54, 1.807) is 6.07 Å². The Morgan fingerprint density at radius 2 is 1.86 bits per heavy atom. The number of benzene rings is 3. The summed E-state index contributed by atoms with van der Waals surface area (Å²) >= 11 is 3.55. The summed E-state index contributed by atoms with van der Waals surface area (Å²) in [5.74, 6) is 1.15. The maximum Gasteiger partial charge on any atom is 0.126 e. The highest BCUT2D eigenvalue weighted by atomic mass is 79.9. The van der Waals surface area contributed by atoms with Crippen molar-refractivity contribution < 1.29 is 9.84 Å². The van der Waals surface area contributed by atoms with E-state index in [0.29, 0.717) is 18.8 Å². The Morgan fingerprint density at radius 3 is 2.59 bits per heavy atom. The van der Waals surface area contributed by atoms with Crippen molar-refractivity contribution in [1.82, 2.24) is 5.32 Å². The smallest absolute Gasteiger partial charge is 0.126 e. The van der Waals surface area contributed by atoms with Crippen molar-refractivity contribution in [2.75, 3.05) is 6.61 Å². The number of hydrogen-bond acceptors (Lipinski definition) is 4. The van der Waals surface area contributed by atoms with Crippen LogP contribution < -0.4 is 10.1 Å². The van der Waals surface area contributed by atoms with Gasteiger partial charge < -0.3 is 9.84 Å². The largest absolute Gasteiger partial charge is 0.508 e. The van der Waals surface area contributed by atoms with Crippen LogP contribution in [-0.4, -0.2) is 17.4 Å². The van der Waals surface area contributed by atoms with Crippen molar-refractivity contribution >= 4 is 21.6 Å². The number of ether oxygens (including phenoxy) is 1. The average molecular weight is 451 g/mol. The highest BCUT2D eigenvalue weighted by Gasteiger charge is 2.27.